The van der Waals surface area contributed by atoms with E-state index in [9.17, 15) is 13.2 Å². The SMILES string of the molecule is Cc1ccc(N(CC(=O)NCCN(C)C)S(=O)(=O)c2ccccc2)c(C)c1. The molecule has 1 N–H and O–H groups in total. The number of nitrogens with zero attached hydrogens (tertiary/aromatic N) is 2. The van der Waals surface area contributed by atoms with Gasteiger partial charge in [0.1, 0.15) is 6.54 Å². The molecule has 6 nitrogen and oxygen atoms in total. The maximum atomic E-state index is 13.2. The Morgan fingerprint density at radius 2 is 1.70 bits per heavy atom. The number of carbonyl (C=O) groups is 1. The molecular formula is C20H27N3O3S. The van der Waals surface area contributed by atoms with Gasteiger partial charge >= 0.3 is 0 Å². The van der Waals surface area contributed by atoms with Gasteiger partial charge < -0.3 is 10.2 Å². The van der Waals surface area contributed by atoms with E-state index < -0.39 is 10.0 Å². The molecule has 27 heavy (non-hydrogen) atoms. The van der Waals surface area contributed by atoms with Crippen molar-refractivity contribution in [1.29, 1.82) is 0 Å². The number of anilines is 1. The van der Waals surface area contributed by atoms with Gasteiger partial charge in [0.2, 0.25) is 5.91 Å². The van der Waals surface area contributed by atoms with Gasteiger partial charge in [-0.25, -0.2) is 8.42 Å². The molecule has 1 amide bonds. The van der Waals surface area contributed by atoms with E-state index >= 15 is 0 Å². The number of likely N-dealkylation sites (N-methyl/N-ethyl adjacent to an activating group) is 1. The number of amides is 1. The fourth-order valence-corrected chi connectivity index (χ4v) is 4.22. The van der Waals surface area contributed by atoms with E-state index in [-0.39, 0.29) is 17.3 Å². The minimum absolute atomic E-state index is 0.158. The van der Waals surface area contributed by atoms with E-state index in [2.05, 4.69) is 5.32 Å². The summed E-state index contributed by atoms with van der Waals surface area (Å²) in [7, 11) is -0.0424. The van der Waals surface area contributed by atoms with Crippen LogP contribution in [0.5, 0.6) is 0 Å². The van der Waals surface area contributed by atoms with Crippen molar-refractivity contribution >= 4 is 21.6 Å². The van der Waals surface area contributed by atoms with Gasteiger partial charge in [-0.05, 0) is 51.7 Å². The normalized spacial score (nSPS) is 11.4. The molecule has 0 fully saturated rings. The lowest BCUT2D eigenvalue weighted by atomic mass is 10.1. The fourth-order valence-electron chi connectivity index (χ4n) is 2.71. The summed E-state index contributed by atoms with van der Waals surface area (Å²) < 4.78 is 27.6. The van der Waals surface area contributed by atoms with Crippen molar-refractivity contribution in [3.05, 3.63) is 59.7 Å². The Hall–Kier alpha value is -2.38. The summed E-state index contributed by atoms with van der Waals surface area (Å²) in [5, 5.41) is 2.78. The lowest BCUT2D eigenvalue weighted by Crippen LogP contribution is -2.42. The number of carbonyl (C=O) groups excluding carboxylic acids is 1. The minimum Gasteiger partial charge on any atom is -0.353 e. The first kappa shape index (κ1) is 20.9. The quantitative estimate of drug-likeness (QED) is 0.751. The Balaban J connectivity index is 2.36. The second-order valence-corrected chi connectivity index (χ2v) is 8.63. The summed E-state index contributed by atoms with van der Waals surface area (Å²) >= 11 is 0. The highest BCUT2D eigenvalue weighted by molar-refractivity contribution is 7.92. The molecule has 0 aliphatic carbocycles. The molecule has 0 aromatic heterocycles. The zero-order valence-corrected chi connectivity index (χ0v) is 17.1. The summed E-state index contributed by atoms with van der Waals surface area (Å²) in [4.78, 5) is 14.5. The highest BCUT2D eigenvalue weighted by Crippen LogP contribution is 2.27. The van der Waals surface area contributed by atoms with Crippen molar-refractivity contribution in [3.63, 3.8) is 0 Å². The highest BCUT2D eigenvalue weighted by Gasteiger charge is 2.28. The van der Waals surface area contributed by atoms with Crippen LogP contribution in [0.15, 0.2) is 53.4 Å². The monoisotopic (exact) mass is 389 g/mol. The molecule has 2 aromatic rings. The highest BCUT2D eigenvalue weighted by atomic mass is 32.2. The van der Waals surface area contributed by atoms with Crippen LogP contribution in [0, 0.1) is 13.8 Å². The molecule has 7 heteroatoms. The number of benzene rings is 2. The van der Waals surface area contributed by atoms with Gasteiger partial charge in [-0.1, -0.05) is 35.9 Å². The molecule has 0 atom stereocenters. The van der Waals surface area contributed by atoms with E-state index in [1.54, 1.807) is 24.3 Å². The average Bonchev–Trinajstić information content (AvgIpc) is 2.60. The van der Waals surface area contributed by atoms with Gasteiger partial charge in [0.25, 0.3) is 10.0 Å². The van der Waals surface area contributed by atoms with E-state index in [0.717, 1.165) is 11.1 Å². The van der Waals surface area contributed by atoms with Crippen molar-refractivity contribution < 1.29 is 13.2 Å². The van der Waals surface area contributed by atoms with Crippen molar-refractivity contribution in [1.82, 2.24) is 10.2 Å². The molecular weight excluding hydrogens is 362 g/mol. The molecule has 0 aliphatic heterocycles. The van der Waals surface area contributed by atoms with E-state index in [1.807, 2.05) is 45.0 Å². The van der Waals surface area contributed by atoms with Crippen LogP contribution in [-0.2, 0) is 14.8 Å². The van der Waals surface area contributed by atoms with Crippen LogP contribution >= 0.6 is 0 Å². The van der Waals surface area contributed by atoms with Gasteiger partial charge in [0.05, 0.1) is 10.6 Å². The minimum atomic E-state index is -3.86. The molecule has 146 valence electrons. The second-order valence-electron chi connectivity index (χ2n) is 6.77. The lowest BCUT2D eigenvalue weighted by Gasteiger charge is -2.26. The smallest absolute Gasteiger partial charge is 0.264 e. The summed E-state index contributed by atoms with van der Waals surface area (Å²) in [5.41, 5.74) is 2.34. The van der Waals surface area contributed by atoms with Gasteiger partial charge in [-0.15, -0.1) is 0 Å². The zero-order chi connectivity index (χ0) is 20.0. The molecule has 0 aliphatic rings. The molecule has 0 saturated carbocycles. The zero-order valence-electron chi connectivity index (χ0n) is 16.3. The van der Waals surface area contributed by atoms with Crippen LogP contribution in [0.3, 0.4) is 0 Å². The van der Waals surface area contributed by atoms with E-state index in [4.69, 9.17) is 0 Å². The van der Waals surface area contributed by atoms with Crippen molar-refractivity contribution in [2.45, 2.75) is 18.7 Å². The van der Waals surface area contributed by atoms with Crippen LogP contribution in [0.25, 0.3) is 0 Å². The fraction of sp³-hybridized carbons (Fsp3) is 0.350. The van der Waals surface area contributed by atoms with Gasteiger partial charge in [0.15, 0.2) is 0 Å². The second kappa shape index (κ2) is 9.01. The van der Waals surface area contributed by atoms with Crippen LogP contribution in [0.4, 0.5) is 5.69 Å². The summed E-state index contributed by atoms with van der Waals surface area (Å²) in [5.74, 6) is -0.337. The molecule has 0 spiro atoms. The maximum Gasteiger partial charge on any atom is 0.264 e. The third-order valence-electron chi connectivity index (χ3n) is 4.12. The largest absolute Gasteiger partial charge is 0.353 e. The Labute approximate surface area is 161 Å². The number of aryl methyl sites for hydroxylation is 2. The van der Waals surface area contributed by atoms with Crippen LogP contribution < -0.4 is 9.62 Å². The lowest BCUT2D eigenvalue weighted by molar-refractivity contribution is -0.119. The average molecular weight is 390 g/mol. The first-order chi connectivity index (χ1) is 12.7. The first-order valence-corrected chi connectivity index (χ1v) is 10.2. The van der Waals surface area contributed by atoms with Gasteiger partial charge in [-0.2, -0.15) is 0 Å². The van der Waals surface area contributed by atoms with Gasteiger partial charge in [0, 0.05) is 13.1 Å². The maximum absolute atomic E-state index is 13.2. The Kier molecular flexibility index (Phi) is 6.98. The summed E-state index contributed by atoms with van der Waals surface area (Å²) in [6, 6.07) is 13.7. The number of sulfonamides is 1. The Bertz CT molecular complexity index is 881. The number of nitrogens with one attached hydrogen (secondary N) is 1. The van der Waals surface area contributed by atoms with Crippen LogP contribution in [0.1, 0.15) is 11.1 Å². The number of hydrogen-bond acceptors (Lipinski definition) is 4. The third kappa shape index (κ3) is 5.55. The number of hydrogen-bond donors (Lipinski definition) is 1. The topological polar surface area (TPSA) is 69.7 Å². The van der Waals surface area contributed by atoms with Gasteiger partial charge in [-0.3, -0.25) is 9.10 Å². The van der Waals surface area contributed by atoms with Crippen LogP contribution in [0.2, 0.25) is 0 Å². The molecule has 0 unspecified atom stereocenters. The predicted octanol–water partition coefficient (Wildman–Crippen LogP) is 2.18. The number of rotatable bonds is 8. The standard InChI is InChI=1S/C20H27N3O3S/c1-16-10-11-19(17(2)14-16)23(15-20(24)21-12-13-22(3)4)27(25,26)18-8-6-5-7-9-18/h5-11,14H,12-13,15H2,1-4H3,(H,21,24). The molecule has 2 rings (SSSR count). The van der Waals surface area contributed by atoms with E-state index in [1.165, 1.54) is 16.4 Å². The first-order valence-electron chi connectivity index (χ1n) is 8.78. The molecule has 0 saturated heterocycles. The van der Waals surface area contributed by atoms with Crippen molar-refractivity contribution in [2.24, 2.45) is 0 Å². The predicted molar refractivity (Wildman–Crippen MR) is 108 cm³/mol. The third-order valence-corrected chi connectivity index (χ3v) is 5.89. The molecule has 0 heterocycles. The van der Waals surface area contributed by atoms with Crippen molar-refractivity contribution in [2.75, 3.05) is 38.0 Å². The van der Waals surface area contributed by atoms with E-state index in [0.29, 0.717) is 18.8 Å². The Morgan fingerprint density at radius 3 is 2.30 bits per heavy atom. The molecule has 0 radical (unpaired) electrons. The van der Waals surface area contributed by atoms with Crippen LogP contribution in [-0.4, -0.2) is 53.0 Å². The Morgan fingerprint density at radius 1 is 1.04 bits per heavy atom. The summed E-state index contributed by atoms with van der Waals surface area (Å²) in [6.07, 6.45) is 0. The molecule has 0 bridgehead atoms. The molecule has 2 aromatic carbocycles. The summed E-state index contributed by atoms with van der Waals surface area (Å²) in [6.45, 7) is 4.66. The van der Waals surface area contributed by atoms with Crippen molar-refractivity contribution in [3.8, 4) is 0 Å².